The van der Waals surface area contributed by atoms with Crippen molar-refractivity contribution < 1.29 is 13.2 Å². The van der Waals surface area contributed by atoms with Gasteiger partial charge in [0.05, 0.1) is 18.5 Å². The molecule has 0 amide bonds. The summed E-state index contributed by atoms with van der Waals surface area (Å²) in [6, 6.07) is 9.56. The highest BCUT2D eigenvalue weighted by Gasteiger charge is 2.22. The molecule has 3 nitrogen and oxygen atoms in total. The highest BCUT2D eigenvalue weighted by atomic mass is 35.7. The van der Waals surface area contributed by atoms with Gasteiger partial charge in [0.15, 0.2) is 0 Å². The summed E-state index contributed by atoms with van der Waals surface area (Å²) in [7, 11) is 1.86. The molecule has 1 aliphatic rings. The standard InChI is InChI=1S/C14H19ClO3S/c15-19(16,17)11-13(12-6-2-1-3-7-12)10-18-14-8-4-5-9-14/h1-3,6-7,13-14H,4-5,8-11H2. The molecule has 1 aromatic rings. The molecule has 19 heavy (non-hydrogen) atoms. The van der Waals surface area contributed by atoms with Gasteiger partial charge in [-0.05, 0) is 18.4 Å². The second-order valence-electron chi connectivity index (χ2n) is 5.05. The molecular weight excluding hydrogens is 284 g/mol. The number of halogens is 1. The lowest BCUT2D eigenvalue weighted by Gasteiger charge is -2.19. The van der Waals surface area contributed by atoms with Crippen LogP contribution in [0, 0.1) is 0 Å². The van der Waals surface area contributed by atoms with Gasteiger partial charge in [0.2, 0.25) is 9.05 Å². The van der Waals surface area contributed by atoms with Gasteiger partial charge in [0.25, 0.3) is 0 Å². The maximum Gasteiger partial charge on any atom is 0.233 e. The summed E-state index contributed by atoms with van der Waals surface area (Å²) < 4.78 is 28.5. The predicted molar refractivity (Wildman–Crippen MR) is 77.0 cm³/mol. The van der Waals surface area contributed by atoms with Crippen molar-refractivity contribution in [3.63, 3.8) is 0 Å². The van der Waals surface area contributed by atoms with E-state index < -0.39 is 9.05 Å². The third-order valence-electron chi connectivity index (χ3n) is 3.51. The highest BCUT2D eigenvalue weighted by molar-refractivity contribution is 8.13. The van der Waals surface area contributed by atoms with Crippen LogP contribution in [0.3, 0.4) is 0 Å². The van der Waals surface area contributed by atoms with E-state index >= 15 is 0 Å². The molecular formula is C14H19ClO3S. The van der Waals surface area contributed by atoms with Gasteiger partial charge in [-0.3, -0.25) is 0 Å². The van der Waals surface area contributed by atoms with Crippen LogP contribution in [-0.4, -0.2) is 26.9 Å². The van der Waals surface area contributed by atoms with Crippen LogP contribution in [0.15, 0.2) is 30.3 Å². The Bertz CT molecular complexity index is 481. The lowest BCUT2D eigenvalue weighted by Crippen LogP contribution is -2.19. The summed E-state index contributed by atoms with van der Waals surface area (Å²) in [5, 5.41) is 0. The third kappa shape index (κ3) is 5.13. The predicted octanol–water partition coefficient (Wildman–Crippen LogP) is 3.30. The molecule has 0 aliphatic heterocycles. The summed E-state index contributed by atoms with van der Waals surface area (Å²) in [6.45, 7) is 0.417. The summed E-state index contributed by atoms with van der Waals surface area (Å²) in [4.78, 5) is 0. The SMILES string of the molecule is O=S(=O)(Cl)CC(COC1CCCC1)c1ccccc1. The lowest BCUT2D eigenvalue weighted by molar-refractivity contribution is 0.0511. The Kier molecular flexibility index (Phi) is 5.25. The van der Waals surface area contributed by atoms with Crippen molar-refractivity contribution in [2.24, 2.45) is 0 Å². The van der Waals surface area contributed by atoms with E-state index in [-0.39, 0.29) is 17.8 Å². The van der Waals surface area contributed by atoms with Crippen molar-refractivity contribution in [2.45, 2.75) is 37.7 Å². The molecule has 1 fully saturated rings. The number of ether oxygens (including phenoxy) is 1. The van der Waals surface area contributed by atoms with Crippen LogP contribution in [0.25, 0.3) is 0 Å². The first-order valence-electron chi connectivity index (χ1n) is 6.63. The zero-order chi connectivity index (χ0) is 13.7. The van der Waals surface area contributed by atoms with Crippen molar-refractivity contribution in [2.75, 3.05) is 12.4 Å². The molecule has 5 heteroatoms. The van der Waals surface area contributed by atoms with E-state index in [4.69, 9.17) is 15.4 Å². The van der Waals surface area contributed by atoms with Gasteiger partial charge in [0, 0.05) is 16.6 Å². The molecule has 0 spiro atoms. The maximum atomic E-state index is 11.3. The molecule has 0 aromatic heterocycles. The Morgan fingerprint density at radius 3 is 2.42 bits per heavy atom. The molecule has 0 saturated heterocycles. The van der Waals surface area contributed by atoms with Gasteiger partial charge in [0.1, 0.15) is 0 Å². The van der Waals surface area contributed by atoms with Crippen molar-refractivity contribution in [1.29, 1.82) is 0 Å². The Morgan fingerprint density at radius 2 is 1.84 bits per heavy atom. The topological polar surface area (TPSA) is 43.4 Å². The zero-order valence-electron chi connectivity index (χ0n) is 10.8. The van der Waals surface area contributed by atoms with Gasteiger partial charge in [-0.25, -0.2) is 8.42 Å². The van der Waals surface area contributed by atoms with E-state index in [0.717, 1.165) is 18.4 Å². The van der Waals surface area contributed by atoms with E-state index in [1.54, 1.807) is 0 Å². The summed E-state index contributed by atoms with van der Waals surface area (Å²) in [5.74, 6) is -0.269. The van der Waals surface area contributed by atoms with Crippen LogP contribution in [0.5, 0.6) is 0 Å². The summed E-state index contributed by atoms with van der Waals surface area (Å²) >= 11 is 0. The molecule has 1 aliphatic carbocycles. The number of rotatable bonds is 6. The molecule has 1 aromatic carbocycles. The Balaban J connectivity index is 2.01. The van der Waals surface area contributed by atoms with Crippen molar-refractivity contribution in [3.8, 4) is 0 Å². The van der Waals surface area contributed by atoms with Gasteiger partial charge in [-0.2, -0.15) is 0 Å². The first-order chi connectivity index (χ1) is 9.04. The number of hydrogen-bond acceptors (Lipinski definition) is 3. The Labute approximate surface area is 119 Å². The second-order valence-corrected chi connectivity index (χ2v) is 7.87. The summed E-state index contributed by atoms with van der Waals surface area (Å²) in [6.07, 6.45) is 4.84. The van der Waals surface area contributed by atoms with Crippen molar-refractivity contribution in [1.82, 2.24) is 0 Å². The second kappa shape index (κ2) is 6.73. The minimum Gasteiger partial charge on any atom is -0.378 e. The molecule has 0 radical (unpaired) electrons. The largest absolute Gasteiger partial charge is 0.378 e. The first kappa shape index (κ1) is 14.8. The Hall–Kier alpha value is -0.580. The average Bonchev–Trinajstić information content (AvgIpc) is 2.87. The van der Waals surface area contributed by atoms with Crippen LogP contribution < -0.4 is 0 Å². The minimum absolute atomic E-state index is 0.0781. The summed E-state index contributed by atoms with van der Waals surface area (Å²) in [5.41, 5.74) is 0.963. The highest BCUT2D eigenvalue weighted by Crippen LogP contribution is 2.25. The molecule has 1 atom stereocenters. The van der Waals surface area contributed by atoms with Crippen molar-refractivity contribution in [3.05, 3.63) is 35.9 Å². The van der Waals surface area contributed by atoms with E-state index in [1.807, 2.05) is 30.3 Å². The van der Waals surface area contributed by atoms with Crippen LogP contribution in [0.2, 0.25) is 0 Å². The first-order valence-corrected chi connectivity index (χ1v) is 9.11. The molecule has 1 unspecified atom stereocenters. The van der Waals surface area contributed by atoms with Gasteiger partial charge in [-0.15, -0.1) is 0 Å². The zero-order valence-corrected chi connectivity index (χ0v) is 12.4. The maximum absolute atomic E-state index is 11.3. The van der Waals surface area contributed by atoms with Crippen LogP contribution in [0.4, 0.5) is 0 Å². The van der Waals surface area contributed by atoms with Crippen LogP contribution in [0.1, 0.15) is 37.2 Å². The third-order valence-corrected chi connectivity index (χ3v) is 4.69. The minimum atomic E-state index is -3.52. The fraction of sp³-hybridized carbons (Fsp3) is 0.571. The van der Waals surface area contributed by atoms with E-state index in [2.05, 4.69) is 0 Å². The van der Waals surface area contributed by atoms with Crippen LogP contribution >= 0.6 is 10.7 Å². The number of benzene rings is 1. The molecule has 0 bridgehead atoms. The monoisotopic (exact) mass is 302 g/mol. The van der Waals surface area contributed by atoms with Gasteiger partial charge in [-0.1, -0.05) is 43.2 Å². The fourth-order valence-electron chi connectivity index (χ4n) is 2.51. The van der Waals surface area contributed by atoms with E-state index in [9.17, 15) is 8.42 Å². The van der Waals surface area contributed by atoms with Gasteiger partial charge < -0.3 is 4.74 Å². The normalized spacial score (nSPS) is 18.6. The molecule has 1 saturated carbocycles. The lowest BCUT2D eigenvalue weighted by atomic mass is 10.0. The number of hydrogen-bond donors (Lipinski definition) is 0. The molecule has 2 rings (SSSR count). The fourth-order valence-corrected chi connectivity index (χ4v) is 3.74. The van der Waals surface area contributed by atoms with Crippen molar-refractivity contribution >= 4 is 19.7 Å². The van der Waals surface area contributed by atoms with Gasteiger partial charge >= 0.3 is 0 Å². The smallest absolute Gasteiger partial charge is 0.233 e. The molecule has 0 heterocycles. The van der Waals surface area contributed by atoms with Crippen LogP contribution in [-0.2, 0) is 13.8 Å². The quantitative estimate of drug-likeness (QED) is 0.757. The average molecular weight is 303 g/mol. The molecule has 0 N–H and O–H groups in total. The molecule has 106 valence electrons. The van der Waals surface area contributed by atoms with E-state index in [0.29, 0.717) is 6.61 Å². The Morgan fingerprint density at radius 1 is 1.21 bits per heavy atom. The van der Waals surface area contributed by atoms with E-state index in [1.165, 1.54) is 12.8 Å².